The van der Waals surface area contributed by atoms with Crippen molar-refractivity contribution in [2.45, 2.75) is 18.8 Å². The highest BCUT2D eigenvalue weighted by molar-refractivity contribution is 5.50. The van der Waals surface area contributed by atoms with Crippen LogP contribution < -0.4 is 22.1 Å². The van der Waals surface area contributed by atoms with E-state index < -0.39 is 17.9 Å². The molecule has 5 nitrogen and oxygen atoms in total. The summed E-state index contributed by atoms with van der Waals surface area (Å²) in [6, 6.07) is 4.75. The molecular weight excluding hydrogens is 369 g/mol. The summed E-state index contributed by atoms with van der Waals surface area (Å²) in [5.74, 6) is -0.106. The van der Waals surface area contributed by atoms with Gasteiger partial charge in [0.2, 0.25) is 0 Å². The van der Waals surface area contributed by atoms with Crippen LogP contribution in [0.15, 0.2) is 84.0 Å². The Morgan fingerprint density at radius 3 is 2.54 bits per heavy atom. The Bertz CT molecular complexity index is 821. The first-order chi connectivity index (χ1) is 13.2. The molecule has 0 aliphatic carbocycles. The van der Waals surface area contributed by atoms with Gasteiger partial charge < -0.3 is 27.2 Å². The van der Waals surface area contributed by atoms with Gasteiger partial charge >= 0.3 is 6.18 Å². The molecule has 28 heavy (non-hydrogen) atoms. The Morgan fingerprint density at radius 1 is 1.29 bits per heavy atom. The van der Waals surface area contributed by atoms with Crippen molar-refractivity contribution in [3.8, 4) is 0 Å². The molecule has 0 radical (unpaired) electrons. The van der Waals surface area contributed by atoms with Crippen molar-refractivity contribution in [2.75, 3.05) is 11.9 Å². The van der Waals surface area contributed by atoms with Crippen LogP contribution in [0.5, 0.6) is 0 Å². The van der Waals surface area contributed by atoms with Crippen molar-refractivity contribution in [3.05, 3.63) is 89.5 Å². The van der Waals surface area contributed by atoms with E-state index in [1.807, 2.05) is 6.08 Å². The summed E-state index contributed by atoms with van der Waals surface area (Å²) in [5, 5.41) is 15.4. The largest absolute Gasteiger partial charge is 0.509 e. The molecule has 2 rings (SSSR count). The molecule has 0 bridgehead atoms. The Morgan fingerprint density at radius 2 is 1.96 bits per heavy atom. The van der Waals surface area contributed by atoms with Crippen molar-refractivity contribution in [1.82, 2.24) is 5.32 Å². The number of benzene rings is 1. The number of allylic oxidation sites excluding steroid dienone is 3. The Kier molecular flexibility index (Phi) is 7.08. The van der Waals surface area contributed by atoms with Crippen LogP contribution in [0.3, 0.4) is 0 Å². The molecule has 1 aliphatic heterocycles. The van der Waals surface area contributed by atoms with E-state index in [-0.39, 0.29) is 5.76 Å². The van der Waals surface area contributed by atoms with E-state index in [9.17, 15) is 18.3 Å². The number of alkyl halides is 3. The molecule has 8 heteroatoms. The number of anilines is 1. The van der Waals surface area contributed by atoms with E-state index in [0.717, 1.165) is 23.3 Å². The molecule has 1 aromatic carbocycles. The average molecular weight is 392 g/mol. The van der Waals surface area contributed by atoms with Gasteiger partial charge in [0.25, 0.3) is 0 Å². The van der Waals surface area contributed by atoms with E-state index in [1.165, 1.54) is 18.2 Å². The zero-order valence-corrected chi connectivity index (χ0v) is 15.1. The average Bonchev–Trinajstić information content (AvgIpc) is 2.96. The first-order valence-corrected chi connectivity index (χ1v) is 8.50. The summed E-state index contributed by atoms with van der Waals surface area (Å²) >= 11 is 0. The topological polar surface area (TPSA) is 96.3 Å². The molecule has 1 aromatic rings. The standard InChI is InChI=1S/C20H23F3N4O/c1-13(28)9-18-15(12-27-19(18)25)10-14(3-2-8-24)11-26-17-6-4-16(5-7-17)20(21,22)23/h2-7,9,11-12,19,26-28H,1,8,10,24-25H2/b3-2-,14-11+,18-9-. The first kappa shape index (κ1) is 21.3. The summed E-state index contributed by atoms with van der Waals surface area (Å²) in [6.07, 6.45) is 4.14. The fourth-order valence-electron chi connectivity index (χ4n) is 2.61. The molecule has 1 atom stereocenters. The van der Waals surface area contributed by atoms with Gasteiger partial charge in [0.05, 0.1) is 5.56 Å². The van der Waals surface area contributed by atoms with Gasteiger partial charge in [-0.1, -0.05) is 18.7 Å². The molecular formula is C20H23F3N4O. The number of nitrogens with one attached hydrogen (secondary N) is 2. The molecule has 0 saturated heterocycles. The van der Waals surface area contributed by atoms with E-state index in [2.05, 4.69) is 17.2 Å². The highest BCUT2D eigenvalue weighted by atomic mass is 19.4. The number of rotatable bonds is 7. The number of hydrogen-bond donors (Lipinski definition) is 5. The van der Waals surface area contributed by atoms with Crippen LogP contribution in [-0.4, -0.2) is 17.8 Å². The van der Waals surface area contributed by atoms with Crippen molar-refractivity contribution >= 4 is 5.69 Å². The van der Waals surface area contributed by atoms with Gasteiger partial charge in [-0.05, 0) is 47.1 Å². The van der Waals surface area contributed by atoms with Crippen LogP contribution in [0, 0.1) is 0 Å². The van der Waals surface area contributed by atoms with Crippen molar-refractivity contribution < 1.29 is 18.3 Å². The van der Waals surface area contributed by atoms with Crippen molar-refractivity contribution in [3.63, 3.8) is 0 Å². The van der Waals surface area contributed by atoms with Crippen molar-refractivity contribution in [1.29, 1.82) is 0 Å². The maximum Gasteiger partial charge on any atom is 0.416 e. The fraction of sp³-hybridized carbons (Fsp3) is 0.200. The van der Waals surface area contributed by atoms with E-state index in [4.69, 9.17) is 11.5 Å². The van der Waals surface area contributed by atoms with E-state index >= 15 is 0 Å². The SMILES string of the molecule is C=C(O)/C=C1/C(CC(/C=C\CN)=C/Nc2ccc(C(F)(F)F)cc2)=CNC1N. The molecule has 150 valence electrons. The van der Waals surface area contributed by atoms with Crippen LogP contribution in [0.25, 0.3) is 0 Å². The minimum Gasteiger partial charge on any atom is -0.509 e. The number of hydrogen-bond acceptors (Lipinski definition) is 5. The van der Waals surface area contributed by atoms with E-state index in [0.29, 0.717) is 24.2 Å². The van der Waals surface area contributed by atoms with Crippen LogP contribution in [0.2, 0.25) is 0 Å². The first-order valence-electron chi connectivity index (χ1n) is 8.50. The zero-order valence-electron chi connectivity index (χ0n) is 15.1. The van der Waals surface area contributed by atoms with Crippen LogP contribution in [0.4, 0.5) is 18.9 Å². The molecule has 0 saturated carbocycles. The lowest BCUT2D eigenvalue weighted by molar-refractivity contribution is -0.137. The highest BCUT2D eigenvalue weighted by Crippen LogP contribution is 2.30. The lowest BCUT2D eigenvalue weighted by atomic mass is 9.99. The second kappa shape index (κ2) is 9.29. The quantitative estimate of drug-likeness (QED) is 0.360. The highest BCUT2D eigenvalue weighted by Gasteiger charge is 2.29. The fourth-order valence-corrected chi connectivity index (χ4v) is 2.61. The monoisotopic (exact) mass is 392 g/mol. The van der Waals surface area contributed by atoms with Gasteiger partial charge in [0.15, 0.2) is 0 Å². The normalized spacial score (nSPS) is 19.0. The second-order valence-electron chi connectivity index (χ2n) is 6.16. The molecule has 7 N–H and O–H groups in total. The molecule has 1 unspecified atom stereocenters. The third kappa shape index (κ3) is 6.04. The summed E-state index contributed by atoms with van der Waals surface area (Å²) in [6.45, 7) is 3.79. The number of halogens is 3. The number of aliphatic hydroxyl groups is 1. The maximum atomic E-state index is 12.7. The Hall–Kier alpha value is -2.97. The lowest BCUT2D eigenvalue weighted by Gasteiger charge is -2.12. The van der Waals surface area contributed by atoms with Gasteiger partial charge in [-0.3, -0.25) is 0 Å². The minimum atomic E-state index is -4.37. The minimum absolute atomic E-state index is 0.106. The number of aliphatic hydroxyl groups excluding tert-OH is 1. The summed E-state index contributed by atoms with van der Waals surface area (Å²) in [4.78, 5) is 0. The molecule has 0 amide bonds. The van der Waals surface area contributed by atoms with Gasteiger partial charge in [-0.15, -0.1) is 0 Å². The van der Waals surface area contributed by atoms with Crippen LogP contribution in [-0.2, 0) is 6.18 Å². The van der Waals surface area contributed by atoms with Gasteiger partial charge in [-0.2, -0.15) is 13.2 Å². The Balaban J connectivity index is 2.17. The third-order valence-corrected chi connectivity index (χ3v) is 3.96. The summed E-state index contributed by atoms with van der Waals surface area (Å²) in [5.41, 5.74) is 13.7. The predicted octanol–water partition coefficient (Wildman–Crippen LogP) is 3.68. The van der Waals surface area contributed by atoms with Gasteiger partial charge in [0, 0.05) is 31.1 Å². The smallest absolute Gasteiger partial charge is 0.416 e. The maximum absolute atomic E-state index is 12.7. The molecule has 1 aliphatic rings. The Labute approximate surface area is 161 Å². The van der Waals surface area contributed by atoms with Gasteiger partial charge in [0.1, 0.15) is 11.9 Å². The third-order valence-electron chi connectivity index (χ3n) is 3.96. The zero-order chi connectivity index (χ0) is 20.7. The van der Waals surface area contributed by atoms with Crippen molar-refractivity contribution in [2.24, 2.45) is 11.5 Å². The molecule has 0 spiro atoms. The number of nitrogens with two attached hydrogens (primary N) is 2. The van der Waals surface area contributed by atoms with Crippen LogP contribution >= 0.6 is 0 Å². The summed E-state index contributed by atoms with van der Waals surface area (Å²) in [7, 11) is 0. The van der Waals surface area contributed by atoms with Crippen LogP contribution in [0.1, 0.15) is 12.0 Å². The molecule has 1 heterocycles. The lowest BCUT2D eigenvalue weighted by Crippen LogP contribution is -2.31. The van der Waals surface area contributed by atoms with E-state index in [1.54, 1.807) is 18.5 Å². The van der Waals surface area contributed by atoms with Gasteiger partial charge in [-0.25, -0.2) is 0 Å². The second-order valence-corrected chi connectivity index (χ2v) is 6.16. The predicted molar refractivity (Wildman–Crippen MR) is 105 cm³/mol. The summed E-state index contributed by atoms with van der Waals surface area (Å²) < 4.78 is 38.0. The molecule has 0 aromatic heterocycles. The molecule has 0 fully saturated rings.